The number of carbonyl (C=O) groups is 4. The monoisotopic (exact) mass is 388 g/mol. The Morgan fingerprint density at radius 1 is 0.815 bits per heavy atom. The highest BCUT2D eigenvalue weighted by molar-refractivity contribution is 5.71. The Balaban J connectivity index is 3.18. The quantitative estimate of drug-likeness (QED) is 0.463. The molecule has 1 fully saturated rings. The summed E-state index contributed by atoms with van der Waals surface area (Å²) in [4.78, 5) is 46.6. The van der Waals surface area contributed by atoms with Crippen LogP contribution in [0.3, 0.4) is 0 Å². The van der Waals surface area contributed by atoms with Gasteiger partial charge >= 0.3 is 23.9 Å². The van der Waals surface area contributed by atoms with Gasteiger partial charge in [0.05, 0.1) is 12.2 Å². The molecule has 5 atom stereocenters. The fourth-order valence-electron chi connectivity index (χ4n) is 2.74. The number of esters is 3. The van der Waals surface area contributed by atoms with Crippen LogP contribution in [-0.2, 0) is 38.1 Å². The van der Waals surface area contributed by atoms with E-state index in [9.17, 15) is 19.2 Å². The van der Waals surface area contributed by atoms with Gasteiger partial charge in [-0.05, 0) is 13.3 Å². The predicted molar refractivity (Wildman–Crippen MR) is 91.7 cm³/mol. The zero-order valence-electron chi connectivity index (χ0n) is 16.1. The van der Waals surface area contributed by atoms with E-state index in [4.69, 9.17) is 24.1 Å². The molecule has 1 N–H and O–H groups in total. The van der Waals surface area contributed by atoms with Crippen molar-refractivity contribution in [3.8, 4) is 0 Å². The number of carboxylic acid groups (broad SMARTS) is 1. The van der Waals surface area contributed by atoms with Gasteiger partial charge in [0.15, 0.2) is 18.3 Å². The number of ether oxygens (including phenoxy) is 4. The Morgan fingerprint density at radius 3 is 1.70 bits per heavy atom. The van der Waals surface area contributed by atoms with Crippen LogP contribution >= 0.6 is 0 Å². The second-order valence-electron chi connectivity index (χ2n) is 6.24. The summed E-state index contributed by atoms with van der Waals surface area (Å²) in [6.45, 7) is 6.45. The van der Waals surface area contributed by atoms with Crippen molar-refractivity contribution in [1.82, 2.24) is 0 Å². The molecule has 1 saturated heterocycles. The van der Waals surface area contributed by atoms with Crippen LogP contribution in [0.2, 0.25) is 0 Å². The fourth-order valence-corrected chi connectivity index (χ4v) is 2.74. The van der Waals surface area contributed by atoms with E-state index in [-0.39, 0.29) is 32.1 Å². The largest absolute Gasteiger partial charge is 0.481 e. The Hall–Kier alpha value is -2.16. The minimum atomic E-state index is -1.08. The maximum absolute atomic E-state index is 11.9. The van der Waals surface area contributed by atoms with Crippen LogP contribution in [0.15, 0.2) is 0 Å². The molecule has 9 nitrogen and oxygen atoms in total. The first-order valence-corrected chi connectivity index (χ1v) is 9.19. The minimum Gasteiger partial charge on any atom is -0.481 e. The molecular formula is C18H28O9. The molecule has 9 heteroatoms. The predicted octanol–water partition coefficient (Wildman–Crippen LogP) is 1.60. The van der Waals surface area contributed by atoms with Crippen molar-refractivity contribution in [3.63, 3.8) is 0 Å². The van der Waals surface area contributed by atoms with Crippen LogP contribution in [0.4, 0.5) is 0 Å². The molecule has 0 aromatic carbocycles. The minimum absolute atomic E-state index is 0.0515. The van der Waals surface area contributed by atoms with E-state index in [1.54, 1.807) is 27.7 Å². The van der Waals surface area contributed by atoms with E-state index in [0.29, 0.717) is 0 Å². The van der Waals surface area contributed by atoms with Crippen molar-refractivity contribution in [3.05, 3.63) is 0 Å². The lowest BCUT2D eigenvalue weighted by atomic mass is 9.92. The Kier molecular flexibility index (Phi) is 9.20. The lowest BCUT2D eigenvalue weighted by molar-refractivity contribution is -0.246. The maximum Gasteiger partial charge on any atom is 0.306 e. The molecule has 1 heterocycles. The molecule has 0 saturated carbocycles. The van der Waals surface area contributed by atoms with Crippen molar-refractivity contribution >= 4 is 23.9 Å². The summed E-state index contributed by atoms with van der Waals surface area (Å²) in [6, 6.07) is 0. The van der Waals surface area contributed by atoms with Gasteiger partial charge in [-0.25, -0.2) is 0 Å². The summed E-state index contributed by atoms with van der Waals surface area (Å²) in [5.41, 5.74) is 0. The Morgan fingerprint density at radius 2 is 1.26 bits per heavy atom. The lowest BCUT2D eigenvalue weighted by Gasteiger charge is -2.44. The molecular weight excluding hydrogens is 360 g/mol. The molecule has 0 radical (unpaired) electrons. The average Bonchev–Trinajstić information content (AvgIpc) is 2.64. The van der Waals surface area contributed by atoms with E-state index >= 15 is 0 Å². The molecule has 0 aromatic rings. The molecule has 0 spiro atoms. The van der Waals surface area contributed by atoms with Gasteiger partial charge in [-0.3, -0.25) is 19.2 Å². The van der Waals surface area contributed by atoms with Crippen molar-refractivity contribution in [2.45, 2.75) is 90.3 Å². The number of carboxylic acids is 1. The zero-order chi connectivity index (χ0) is 20.6. The summed E-state index contributed by atoms with van der Waals surface area (Å²) in [5.74, 6) is -2.66. The second-order valence-corrected chi connectivity index (χ2v) is 6.24. The van der Waals surface area contributed by atoms with Crippen molar-refractivity contribution in [1.29, 1.82) is 0 Å². The molecule has 0 bridgehead atoms. The third-order valence-corrected chi connectivity index (χ3v) is 4.18. The molecule has 1 aliphatic heterocycles. The molecule has 0 amide bonds. The molecule has 0 aromatic heterocycles. The number of hydrogen-bond donors (Lipinski definition) is 1. The average molecular weight is 388 g/mol. The van der Waals surface area contributed by atoms with Crippen LogP contribution in [0.1, 0.15) is 59.8 Å². The van der Waals surface area contributed by atoms with Gasteiger partial charge in [-0.15, -0.1) is 0 Å². The van der Waals surface area contributed by atoms with Crippen molar-refractivity contribution in [2.75, 3.05) is 0 Å². The third-order valence-electron chi connectivity index (χ3n) is 4.18. The van der Waals surface area contributed by atoms with Gasteiger partial charge in [0.2, 0.25) is 0 Å². The molecule has 0 aliphatic carbocycles. The normalized spacial score (nSPS) is 27.5. The SMILES string of the molecule is CCC(=O)O[C@@H]1[C@H](OC(=O)CC)[C@H](C)OC(CCC(=O)O)[C@@H]1OC(=O)CC. The molecule has 1 rings (SSSR count). The molecule has 1 unspecified atom stereocenters. The van der Waals surface area contributed by atoms with Crippen LogP contribution in [0.25, 0.3) is 0 Å². The summed E-state index contributed by atoms with van der Waals surface area (Å²) in [7, 11) is 0. The van der Waals surface area contributed by atoms with E-state index < -0.39 is 54.4 Å². The van der Waals surface area contributed by atoms with E-state index in [1.165, 1.54) is 0 Å². The second kappa shape index (κ2) is 10.9. The lowest BCUT2D eigenvalue weighted by Crippen LogP contribution is -2.60. The number of rotatable bonds is 9. The summed E-state index contributed by atoms with van der Waals surface area (Å²) >= 11 is 0. The van der Waals surface area contributed by atoms with Crippen LogP contribution in [0, 0.1) is 0 Å². The van der Waals surface area contributed by atoms with Gasteiger partial charge in [0.1, 0.15) is 0 Å². The number of aliphatic carboxylic acids is 1. The van der Waals surface area contributed by atoms with Crippen LogP contribution < -0.4 is 0 Å². The van der Waals surface area contributed by atoms with Crippen LogP contribution in [0.5, 0.6) is 0 Å². The summed E-state index contributed by atoms with van der Waals surface area (Å²) < 4.78 is 22.0. The zero-order valence-corrected chi connectivity index (χ0v) is 16.1. The van der Waals surface area contributed by atoms with Gasteiger partial charge < -0.3 is 24.1 Å². The molecule has 27 heavy (non-hydrogen) atoms. The molecule has 154 valence electrons. The first-order chi connectivity index (χ1) is 12.7. The third kappa shape index (κ3) is 6.82. The van der Waals surface area contributed by atoms with Gasteiger partial charge in [0.25, 0.3) is 0 Å². The highest BCUT2D eigenvalue weighted by Gasteiger charge is 2.50. The maximum atomic E-state index is 11.9. The first-order valence-electron chi connectivity index (χ1n) is 9.19. The standard InChI is InChI=1S/C18H28O9/c1-5-13(21)25-16-10(4)24-11(8-9-12(19)20)17(26-14(22)6-2)18(16)27-15(23)7-3/h10-11,16-18H,5-9H2,1-4H3,(H,19,20)/t10-,11?,16+,17-,18+/m0/s1. The van der Waals surface area contributed by atoms with Gasteiger partial charge in [-0.1, -0.05) is 20.8 Å². The number of carbonyl (C=O) groups excluding carboxylic acids is 3. The first kappa shape index (κ1) is 22.9. The van der Waals surface area contributed by atoms with Gasteiger partial charge in [-0.2, -0.15) is 0 Å². The van der Waals surface area contributed by atoms with Crippen molar-refractivity contribution < 1.29 is 43.2 Å². The van der Waals surface area contributed by atoms with Crippen LogP contribution in [-0.4, -0.2) is 59.5 Å². The van der Waals surface area contributed by atoms with Gasteiger partial charge in [0, 0.05) is 25.7 Å². The Labute approximate surface area is 158 Å². The van der Waals surface area contributed by atoms with E-state index in [1.807, 2.05) is 0 Å². The highest BCUT2D eigenvalue weighted by Crippen LogP contribution is 2.31. The van der Waals surface area contributed by atoms with E-state index in [2.05, 4.69) is 0 Å². The topological polar surface area (TPSA) is 125 Å². The Bertz CT molecular complexity index is 545. The van der Waals surface area contributed by atoms with Crippen molar-refractivity contribution in [2.24, 2.45) is 0 Å². The highest BCUT2D eigenvalue weighted by atomic mass is 16.6. The number of hydrogen-bond acceptors (Lipinski definition) is 8. The summed E-state index contributed by atoms with van der Waals surface area (Å²) in [6.07, 6.45) is -4.50. The molecule has 1 aliphatic rings. The smallest absolute Gasteiger partial charge is 0.306 e. The van der Waals surface area contributed by atoms with E-state index in [0.717, 1.165) is 0 Å². The summed E-state index contributed by atoms with van der Waals surface area (Å²) in [5, 5.41) is 8.96. The fraction of sp³-hybridized carbons (Fsp3) is 0.778.